The molecule has 1 saturated carbocycles. The van der Waals surface area contributed by atoms with Crippen LogP contribution in [0.3, 0.4) is 0 Å². The van der Waals surface area contributed by atoms with Gasteiger partial charge in [-0.1, -0.05) is 6.07 Å². The lowest BCUT2D eigenvalue weighted by Gasteiger charge is -2.04. The van der Waals surface area contributed by atoms with E-state index < -0.39 is 0 Å². The van der Waals surface area contributed by atoms with Crippen LogP contribution >= 0.6 is 0 Å². The fraction of sp³-hybridized carbons (Fsp3) is 0.500. The first kappa shape index (κ1) is 10.8. The summed E-state index contributed by atoms with van der Waals surface area (Å²) in [6, 6.07) is 6.31. The first-order chi connectivity index (χ1) is 8.15. The number of aliphatic hydroxyl groups is 1. The maximum atomic E-state index is 9.41. The molecule has 0 radical (unpaired) electrons. The van der Waals surface area contributed by atoms with E-state index in [1.807, 2.05) is 6.92 Å². The van der Waals surface area contributed by atoms with Crippen LogP contribution in [0.4, 0.5) is 0 Å². The number of benzene rings is 1. The van der Waals surface area contributed by atoms with Gasteiger partial charge in [0.25, 0.3) is 0 Å². The summed E-state index contributed by atoms with van der Waals surface area (Å²) in [5.41, 5.74) is 3.42. The minimum Gasteiger partial charge on any atom is -0.393 e. The van der Waals surface area contributed by atoms with Gasteiger partial charge in [0.2, 0.25) is 0 Å². The third kappa shape index (κ3) is 1.95. The van der Waals surface area contributed by atoms with Crippen molar-refractivity contribution in [2.45, 2.75) is 38.2 Å². The molecule has 3 rings (SSSR count). The van der Waals surface area contributed by atoms with Gasteiger partial charge in [-0.2, -0.15) is 0 Å². The van der Waals surface area contributed by atoms with Crippen LogP contribution in [-0.2, 0) is 13.5 Å². The molecule has 1 aliphatic carbocycles. The molecule has 1 unspecified atom stereocenters. The van der Waals surface area contributed by atoms with Gasteiger partial charge >= 0.3 is 0 Å². The molecule has 2 aromatic rings. The Morgan fingerprint density at radius 3 is 2.88 bits per heavy atom. The molecule has 17 heavy (non-hydrogen) atoms. The van der Waals surface area contributed by atoms with Gasteiger partial charge in [0.15, 0.2) is 0 Å². The van der Waals surface area contributed by atoms with E-state index in [2.05, 4.69) is 29.8 Å². The summed E-state index contributed by atoms with van der Waals surface area (Å²) in [5.74, 6) is 1.89. The van der Waals surface area contributed by atoms with Crippen LogP contribution in [0.25, 0.3) is 11.0 Å². The number of nitrogens with zero attached hydrogens (tertiary/aromatic N) is 2. The van der Waals surface area contributed by atoms with Crippen LogP contribution in [0.1, 0.15) is 37.1 Å². The van der Waals surface area contributed by atoms with E-state index in [1.54, 1.807) is 0 Å². The quantitative estimate of drug-likeness (QED) is 0.879. The molecule has 3 heteroatoms. The summed E-state index contributed by atoms with van der Waals surface area (Å²) in [6.45, 7) is 1.82. The number of rotatable bonds is 3. The van der Waals surface area contributed by atoms with Crippen molar-refractivity contribution >= 4 is 11.0 Å². The molecule has 0 aliphatic heterocycles. The molecule has 1 aromatic carbocycles. The second-order valence-electron chi connectivity index (χ2n) is 5.18. The summed E-state index contributed by atoms with van der Waals surface area (Å²) < 4.78 is 2.21. The molecule has 0 amide bonds. The van der Waals surface area contributed by atoms with Crippen LogP contribution in [0.2, 0.25) is 0 Å². The van der Waals surface area contributed by atoms with E-state index >= 15 is 0 Å². The number of hydrogen-bond donors (Lipinski definition) is 1. The summed E-state index contributed by atoms with van der Waals surface area (Å²) in [4.78, 5) is 4.72. The van der Waals surface area contributed by atoms with E-state index in [0.717, 1.165) is 11.1 Å². The Morgan fingerprint density at radius 1 is 1.47 bits per heavy atom. The zero-order valence-corrected chi connectivity index (χ0v) is 10.3. The van der Waals surface area contributed by atoms with Crippen molar-refractivity contribution in [2.75, 3.05) is 0 Å². The Kier molecular flexibility index (Phi) is 2.44. The SMILES string of the molecule is CC(O)Cc1ccc2c(c1)nc(C1CC1)n2C. The molecule has 1 atom stereocenters. The van der Waals surface area contributed by atoms with E-state index in [0.29, 0.717) is 12.3 Å². The summed E-state index contributed by atoms with van der Waals surface area (Å²) in [7, 11) is 2.09. The van der Waals surface area contributed by atoms with Crippen LogP contribution in [0.15, 0.2) is 18.2 Å². The lowest BCUT2D eigenvalue weighted by molar-refractivity contribution is 0.195. The molecule has 1 N–H and O–H groups in total. The predicted octanol–water partition coefficient (Wildman–Crippen LogP) is 2.37. The fourth-order valence-electron chi connectivity index (χ4n) is 2.44. The molecular weight excluding hydrogens is 212 g/mol. The standard InChI is InChI=1S/C14H18N2O/c1-9(17)7-10-3-6-13-12(8-10)15-14(16(13)2)11-4-5-11/h3,6,8-9,11,17H,4-5,7H2,1-2H3. The molecular formula is C14H18N2O. The van der Waals surface area contributed by atoms with Crippen molar-refractivity contribution in [1.82, 2.24) is 9.55 Å². The van der Waals surface area contributed by atoms with Gasteiger partial charge in [-0.15, -0.1) is 0 Å². The third-order valence-corrected chi connectivity index (χ3v) is 3.45. The summed E-state index contributed by atoms with van der Waals surface area (Å²) in [6.07, 6.45) is 2.96. The number of hydrogen-bond acceptors (Lipinski definition) is 2. The highest BCUT2D eigenvalue weighted by atomic mass is 16.3. The molecule has 0 saturated heterocycles. The van der Waals surface area contributed by atoms with E-state index in [9.17, 15) is 5.11 Å². The molecule has 1 aromatic heterocycles. The molecule has 0 bridgehead atoms. The minimum atomic E-state index is -0.293. The summed E-state index contributed by atoms with van der Waals surface area (Å²) in [5, 5.41) is 9.41. The van der Waals surface area contributed by atoms with Gasteiger partial charge in [-0.25, -0.2) is 4.98 Å². The fourth-order valence-corrected chi connectivity index (χ4v) is 2.44. The van der Waals surface area contributed by atoms with Gasteiger partial charge in [0.1, 0.15) is 5.82 Å². The lowest BCUT2D eigenvalue weighted by atomic mass is 10.1. The van der Waals surface area contributed by atoms with Crippen molar-refractivity contribution in [3.05, 3.63) is 29.6 Å². The highest BCUT2D eigenvalue weighted by molar-refractivity contribution is 5.77. The van der Waals surface area contributed by atoms with Crippen molar-refractivity contribution in [3.8, 4) is 0 Å². The Bertz CT molecular complexity index is 553. The van der Waals surface area contributed by atoms with E-state index in [1.165, 1.54) is 24.2 Å². The lowest BCUT2D eigenvalue weighted by Crippen LogP contribution is -2.03. The second kappa shape index (κ2) is 3.84. The van der Waals surface area contributed by atoms with Gasteiger partial charge in [0.05, 0.1) is 17.1 Å². The Morgan fingerprint density at radius 2 is 2.24 bits per heavy atom. The molecule has 0 spiro atoms. The number of imidazole rings is 1. The second-order valence-corrected chi connectivity index (χ2v) is 5.18. The van der Waals surface area contributed by atoms with Crippen molar-refractivity contribution in [2.24, 2.45) is 7.05 Å². The van der Waals surface area contributed by atoms with E-state index in [-0.39, 0.29) is 6.10 Å². The minimum absolute atomic E-state index is 0.293. The smallest absolute Gasteiger partial charge is 0.112 e. The van der Waals surface area contributed by atoms with Crippen LogP contribution < -0.4 is 0 Å². The molecule has 1 aliphatic rings. The first-order valence-corrected chi connectivity index (χ1v) is 6.28. The van der Waals surface area contributed by atoms with Crippen molar-refractivity contribution < 1.29 is 5.11 Å². The topological polar surface area (TPSA) is 38.1 Å². The maximum Gasteiger partial charge on any atom is 0.112 e. The molecule has 1 heterocycles. The van der Waals surface area contributed by atoms with Crippen LogP contribution in [-0.4, -0.2) is 20.8 Å². The highest BCUT2D eigenvalue weighted by Gasteiger charge is 2.28. The average molecular weight is 230 g/mol. The molecule has 1 fully saturated rings. The first-order valence-electron chi connectivity index (χ1n) is 6.28. The Hall–Kier alpha value is -1.35. The third-order valence-electron chi connectivity index (χ3n) is 3.45. The van der Waals surface area contributed by atoms with E-state index in [4.69, 9.17) is 4.98 Å². The zero-order chi connectivity index (χ0) is 12.0. The highest BCUT2D eigenvalue weighted by Crippen LogP contribution is 2.40. The number of aromatic nitrogens is 2. The maximum absolute atomic E-state index is 9.41. The summed E-state index contributed by atoms with van der Waals surface area (Å²) >= 11 is 0. The number of fused-ring (bicyclic) bond motifs is 1. The largest absolute Gasteiger partial charge is 0.393 e. The normalized spacial score (nSPS) is 17.6. The van der Waals surface area contributed by atoms with Gasteiger partial charge in [0, 0.05) is 13.0 Å². The molecule has 3 nitrogen and oxygen atoms in total. The predicted molar refractivity (Wildman–Crippen MR) is 68.1 cm³/mol. The number of aryl methyl sites for hydroxylation is 1. The van der Waals surface area contributed by atoms with Gasteiger partial charge < -0.3 is 9.67 Å². The Labute approximate surface area is 101 Å². The van der Waals surface area contributed by atoms with Crippen molar-refractivity contribution in [1.29, 1.82) is 0 Å². The van der Waals surface area contributed by atoms with Crippen LogP contribution in [0, 0.1) is 0 Å². The zero-order valence-electron chi connectivity index (χ0n) is 10.3. The van der Waals surface area contributed by atoms with Crippen LogP contribution in [0.5, 0.6) is 0 Å². The van der Waals surface area contributed by atoms with Gasteiger partial charge in [-0.3, -0.25) is 0 Å². The Balaban J connectivity index is 2.04. The number of aliphatic hydroxyl groups excluding tert-OH is 1. The molecule has 90 valence electrons. The van der Waals surface area contributed by atoms with Gasteiger partial charge in [-0.05, 0) is 43.9 Å². The van der Waals surface area contributed by atoms with Crippen molar-refractivity contribution in [3.63, 3.8) is 0 Å². The average Bonchev–Trinajstić information content (AvgIpc) is 3.04. The monoisotopic (exact) mass is 230 g/mol.